The van der Waals surface area contributed by atoms with Crippen LogP contribution >= 0.6 is 46.1 Å². The van der Waals surface area contributed by atoms with Crippen molar-refractivity contribution in [1.82, 2.24) is 0 Å². The van der Waals surface area contributed by atoms with Crippen LogP contribution in [0.1, 0.15) is 5.56 Å². The SMILES string of the molecule is O=C(/C=C/c1ccccc1)C(I)=C1SCCS1. The van der Waals surface area contributed by atoms with Gasteiger partial charge in [0.05, 0.1) is 7.82 Å². The zero-order chi connectivity index (χ0) is 12.1. The van der Waals surface area contributed by atoms with Crippen molar-refractivity contribution < 1.29 is 4.79 Å². The van der Waals surface area contributed by atoms with Crippen LogP contribution in [0.2, 0.25) is 0 Å². The second-order valence-corrected chi connectivity index (χ2v) is 6.95. The highest BCUT2D eigenvalue weighted by atomic mass is 127. The molecule has 0 amide bonds. The van der Waals surface area contributed by atoms with Crippen LogP contribution in [-0.4, -0.2) is 17.3 Å². The van der Waals surface area contributed by atoms with Gasteiger partial charge < -0.3 is 0 Å². The third-order valence-corrected chi connectivity index (χ3v) is 6.69. The monoisotopic (exact) mass is 374 g/mol. The van der Waals surface area contributed by atoms with Crippen molar-refractivity contribution in [2.75, 3.05) is 11.5 Å². The Hall–Kier alpha value is -0.200. The molecule has 0 atom stereocenters. The number of allylic oxidation sites excluding steroid dienone is 2. The van der Waals surface area contributed by atoms with E-state index in [0.29, 0.717) is 0 Å². The summed E-state index contributed by atoms with van der Waals surface area (Å²) in [7, 11) is 0. The minimum absolute atomic E-state index is 0.103. The summed E-state index contributed by atoms with van der Waals surface area (Å²) in [6.07, 6.45) is 3.52. The van der Waals surface area contributed by atoms with Gasteiger partial charge >= 0.3 is 0 Å². The molecule has 1 aromatic carbocycles. The highest BCUT2D eigenvalue weighted by molar-refractivity contribution is 14.1. The molecule has 1 aromatic rings. The van der Waals surface area contributed by atoms with Gasteiger partial charge in [0.25, 0.3) is 0 Å². The topological polar surface area (TPSA) is 17.1 Å². The van der Waals surface area contributed by atoms with Gasteiger partial charge in [-0.3, -0.25) is 4.79 Å². The van der Waals surface area contributed by atoms with E-state index in [1.54, 1.807) is 29.6 Å². The van der Waals surface area contributed by atoms with Crippen LogP contribution in [0.4, 0.5) is 0 Å². The van der Waals surface area contributed by atoms with Crippen LogP contribution in [0, 0.1) is 0 Å². The van der Waals surface area contributed by atoms with Crippen molar-refractivity contribution in [2.45, 2.75) is 0 Å². The number of thioether (sulfide) groups is 2. The van der Waals surface area contributed by atoms with Gasteiger partial charge in [-0.15, -0.1) is 23.5 Å². The highest BCUT2D eigenvalue weighted by Gasteiger charge is 2.15. The lowest BCUT2D eigenvalue weighted by Gasteiger charge is -1.98. The third kappa shape index (κ3) is 3.89. The van der Waals surface area contributed by atoms with Gasteiger partial charge in [-0.1, -0.05) is 36.4 Å². The van der Waals surface area contributed by atoms with E-state index in [4.69, 9.17) is 0 Å². The summed E-state index contributed by atoms with van der Waals surface area (Å²) in [6.45, 7) is 0. The summed E-state index contributed by atoms with van der Waals surface area (Å²) in [4.78, 5) is 11.9. The molecule has 0 spiro atoms. The maximum absolute atomic E-state index is 11.9. The average Bonchev–Trinajstić information content (AvgIpc) is 2.90. The quantitative estimate of drug-likeness (QED) is 0.578. The van der Waals surface area contributed by atoms with Gasteiger partial charge in [-0.2, -0.15) is 0 Å². The Bertz CT molecular complexity index is 458. The van der Waals surface area contributed by atoms with Crippen LogP contribution in [0.15, 0.2) is 44.2 Å². The van der Waals surface area contributed by atoms with Gasteiger partial charge in [-0.25, -0.2) is 0 Å². The molecule has 0 N–H and O–H groups in total. The summed E-state index contributed by atoms with van der Waals surface area (Å²) in [5, 5.41) is 0. The lowest BCUT2D eigenvalue weighted by molar-refractivity contribution is -0.110. The molecular formula is C13H11IOS2. The summed E-state index contributed by atoms with van der Waals surface area (Å²) in [5.74, 6) is 2.33. The Morgan fingerprint density at radius 2 is 1.82 bits per heavy atom. The summed E-state index contributed by atoms with van der Waals surface area (Å²) >= 11 is 5.71. The van der Waals surface area contributed by atoms with Crippen molar-refractivity contribution in [2.24, 2.45) is 0 Å². The van der Waals surface area contributed by atoms with Crippen LogP contribution in [0.3, 0.4) is 0 Å². The van der Waals surface area contributed by atoms with Gasteiger partial charge in [0.1, 0.15) is 0 Å². The van der Waals surface area contributed by atoms with E-state index in [0.717, 1.165) is 20.6 Å². The number of hydrogen-bond acceptors (Lipinski definition) is 3. The number of benzene rings is 1. The first kappa shape index (κ1) is 13.2. The van der Waals surface area contributed by atoms with Crippen LogP contribution in [0.5, 0.6) is 0 Å². The number of hydrogen-bond donors (Lipinski definition) is 0. The maximum atomic E-state index is 11.9. The Kier molecular flexibility index (Phi) is 5.18. The fourth-order valence-corrected chi connectivity index (χ4v) is 4.79. The zero-order valence-electron chi connectivity index (χ0n) is 9.06. The summed E-state index contributed by atoms with van der Waals surface area (Å²) in [6, 6.07) is 9.88. The van der Waals surface area contributed by atoms with Gasteiger partial charge in [-0.05, 0) is 34.2 Å². The predicted octanol–water partition coefficient (Wildman–Crippen LogP) is 4.35. The van der Waals surface area contributed by atoms with Gasteiger partial charge in [0.2, 0.25) is 0 Å². The van der Waals surface area contributed by atoms with E-state index in [2.05, 4.69) is 22.6 Å². The molecule has 88 valence electrons. The molecule has 1 fully saturated rings. The minimum Gasteiger partial charge on any atom is -0.289 e. The van der Waals surface area contributed by atoms with E-state index in [-0.39, 0.29) is 5.78 Å². The maximum Gasteiger partial charge on any atom is 0.193 e. The molecule has 0 aromatic heterocycles. The number of rotatable bonds is 3. The van der Waals surface area contributed by atoms with Crippen LogP contribution < -0.4 is 0 Å². The summed E-state index contributed by atoms with van der Waals surface area (Å²) in [5.41, 5.74) is 1.06. The lowest BCUT2D eigenvalue weighted by atomic mass is 10.2. The van der Waals surface area contributed by atoms with E-state index >= 15 is 0 Å². The second-order valence-electron chi connectivity index (χ2n) is 3.41. The number of carbonyl (C=O) groups is 1. The largest absolute Gasteiger partial charge is 0.289 e. The molecule has 1 nitrogen and oxygen atoms in total. The Labute approximate surface area is 123 Å². The molecule has 17 heavy (non-hydrogen) atoms. The molecule has 2 rings (SSSR count). The van der Waals surface area contributed by atoms with E-state index in [1.807, 2.05) is 36.4 Å². The smallest absolute Gasteiger partial charge is 0.193 e. The van der Waals surface area contributed by atoms with E-state index in [1.165, 1.54) is 4.24 Å². The van der Waals surface area contributed by atoms with E-state index < -0.39 is 0 Å². The van der Waals surface area contributed by atoms with Crippen molar-refractivity contribution in [3.63, 3.8) is 0 Å². The fraction of sp³-hybridized carbons (Fsp3) is 0.154. The predicted molar refractivity (Wildman–Crippen MR) is 86.4 cm³/mol. The molecule has 4 heteroatoms. The molecule has 0 saturated carbocycles. The van der Waals surface area contributed by atoms with Crippen molar-refractivity contribution in [3.8, 4) is 0 Å². The molecule has 0 bridgehead atoms. The molecule has 1 aliphatic heterocycles. The first-order valence-corrected chi connectivity index (χ1v) is 8.25. The van der Waals surface area contributed by atoms with Crippen LogP contribution in [-0.2, 0) is 4.79 Å². The number of halogens is 1. The molecule has 0 radical (unpaired) electrons. The number of carbonyl (C=O) groups excluding carboxylic acids is 1. The third-order valence-electron chi connectivity index (χ3n) is 2.17. The van der Waals surface area contributed by atoms with E-state index in [9.17, 15) is 4.79 Å². The second kappa shape index (κ2) is 6.66. The lowest BCUT2D eigenvalue weighted by Crippen LogP contribution is -1.92. The van der Waals surface area contributed by atoms with Gasteiger partial charge in [0.15, 0.2) is 5.78 Å². The minimum atomic E-state index is 0.103. The first-order valence-electron chi connectivity index (χ1n) is 5.20. The molecule has 1 saturated heterocycles. The first-order chi connectivity index (χ1) is 8.27. The Balaban J connectivity index is 2.07. The zero-order valence-corrected chi connectivity index (χ0v) is 12.8. The van der Waals surface area contributed by atoms with Crippen molar-refractivity contribution >= 4 is 58.0 Å². The molecule has 1 aliphatic rings. The summed E-state index contributed by atoms with van der Waals surface area (Å²) < 4.78 is 2.02. The number of ketones is 1. The Morgan fingerprint density at radius 3 is 2.47 bits per heavy atom. The molecule has 1 heterocycles. The standard InChI is InChI=1S/C13H11IOS2/c14-12(13-16-8-9-17-13)11(15)7-6-10-4-2-1-3-5-10/h1-7H,8-9H2/b7-6+. The molecule has 0 aliphatic carbocycles. The normalized spacial score (nSPS) is 15.5. The molecular weight excluding hydrogens is 363 g/mol. The van der Waals surface area contributed by atoms with Crippen molar-refractivity contribution in [3.05, 3.63) is 49.8 Å². The van der Waals surface area contributed by atoms with Crippen LogP contribution in [0.25, 0.3) is 6.08 Å². The average molecular weight is 374 g/mol. The fourth-order valence-electron chi connectivity index (χ4n) is 1.35. The molecule has 0 unspecified atom stereocenters. The highest BCUT2D eigenvalue weighted by Crippen LogP contribution is 2.40. The van der Waals surface area contributed by atoms with Gasteiger partial charge in [0, 0.05) is 11.5 Å². The van der Waals surface area contributed by atoms with Crippen molar-refractivity contribution in [1.29, 1.82) is 0 Å². The Morgan fingerprint density at radius 1 is 1.18 bits per heavy atom.